The fourth-order valence-corrected chi connectivity index (χ4v) is 2.16. The predicted octanol–water partition coefficient (Wildman–Crippen LogP) is 3.46. The highest BCUT2D eigenvalue weighted by Gasteiger charge is 2.17. The maximum Gasteiger partial charge on any atom is 0.331 e. The van der Waals surface area contributed by atoms with Gasteiger partial charge in [-0.25, -0.2) is 14.8 Å². The highest BCUT2D eigenvalue weighted by Crippen LogP contribution is 2.15. The average Bonchev–Trinajstić information content (AvgIpc) is 3.05. The van der Waals surface area contributed by atoms with E-state index in [9.17, 15) is 9.59 Å². The van der Waals surface area contributed by atoms with Gasteiger partial charge in [-0.05, 0) is 31.2 Å². The summed E-state index contributed by atoms with van der Waals surface area (Å²) in [4.78, 5) is 32.0. The molecular formula is C18H14ClN3O4. The zero-order chi connectivity index (χ0) is 18.5. The number of ether oxygens (including phenoxy) is 1. The Balaban J connectivity index is 1.56. The molecule has 0 saturated heterocycles. The van der Waals surface area contributed by atoms with Gasteiger partial charge in [-0.1, -0.05) is 23.7 Å². The zero-order valence-electron chi connectivity index (χ0n) is 13.7. The topological polar surface area (TPSA) is 94.3 Å². The number of pyridine rings is 1. The molecule has 1 atom stereocenters. The molecule has 1 aromatic carbocycles. The minimum absolute atomic E-state index is 0.269. The molecule has 0 aliphatic heterocycles. The first-order chi connectivity index (χ1) is 12.5. The van der Waals surface area contributed by atoms with Crippen LogP contribution < -0.4 is 5.32 Å². The molecule has 1 N–H and O–H groups in total. The second kappa shape index (κ2) is 7.79. The number of carbonyl (C=O) groups excluding carboxylic acids is 2. The molecule has 0 radical (unpaired) electrons. The molecular weight excluding hydrogens is 358 g/mol. The Kier molecular flexibility index (Phi) is 5.28. The first kappa shape index (κ1) is 17.6. The lowest BCUT2D eigenvalue weighted by molar-refractivity contribution is -0.148. The fraction of sp³-hybridized carbons (Fsp3) is 0.111. The lowest BCUT2D eigenvalue weighted by atomic mass is 10.3. The van der Waals surface area contributed by atoms with Crippen molar-refractivity contribution in [2.45, 2.75) is 13.0 Å². The minimum Gasteiger partial charge on any atom is -0.449 e. The van der Waals surface area contributed by atoms with Crippen LogP contribution in [0.4, 0.5) is 5.82 Å². The molecule has 0 bridgehead atoms. The number of carbonyl (C=O) groups is 2. The quantitative estimate of drug-likeness (QED) is 0.545. The molecule has 0 unspecified atom stereocenters. The number of amides is 1. The van der Waals surface area contributed by atoms with E-state index < -0.39 is 18.0 Å². The van der Waals surface area contributed by atoms with Crippen molar-refractivity contribution in [1.29, 1.82) is 0 Å². The van der Waals surface area contributed by atoms with Crippen molar-refractivity contribution in [1.82, 2.24) is 9.97 Å². The molecule has 2 heterocycles. The molecule has 0 saturated carbocycles. The zero-order valence-corrected chi connectivity index (χ0v) is 14.4. The van der Waals surface area contributed by atoms with Crippen molar-refractivity contribution in [2.75, 3.05) is 5.32 Å². The van der Waals surface area contributed by atoms with Crippen LogP contribution in [0.1, 0.15) is 12.8 Å². The van der Waals surface area contributed by atoms with Gasteiger partial charge in [-0.2, -0.15) is 0 Å². The second-order valence-electron chi connectivity index (χ2n) is 5.28. The van der Waals surface area contributed by atoms with Crippen LogP contribution in [0, 0.1) is 0 Å². The summed E-state index contributed by atoms with van der Waals surface area (Å²) in [5.74, 6) is -0.627. The number of anilines is 1. The van der Waals surface area contributed by atoms with E-state index in [1.807, 2.05) is 12.1 Å². The van der Waals surface area contributed by atoms with Crippen molar-refractivity contribution in [2.24, 2.45) is 0 Å². The van der Waals surface area contributed by atoms with E-state index in [4.69, 9.17) is 20.8 Å². The molecule has 3 aromatic rings. The first-order valence-electron chi connectivity index (χ1n) is 7.68. The van der Waals surface area contributed by atoms with Gasteiger partial charge < -0.3 is 14.5 Å². The summed E-state index contributed by atoms with van der Waals surface area (Å²) >= 11 is 5.73. The summed E-state index contributed by atoms with van der Waals surface area (Å²) in [6.45, 7) is 1.45. The van der Waals surface area contributed by atoms with E-state index in [0.29, 0.717) is 21.9 Å². The molecule has 7 nitrogen and oxygen atoms in total. The van der Waals surface area contributed by atoms with Crippen molar-refractivity contribution in [3.8, 4) is 0 Å². The highest BCUT2D eigenvalue weighted by molar-refractivity contribution is 6.30. The second-order valence-corrected chi connectivity index (χ2v) is 5.72. The van der Waals surface area contributed by atoms with Crippen molar-refractivity contribution < 1.29 is 18.7 Å². The molecule has 8 heteroatoms. The van der Waals surface area contributed by atoms with Gasteiger partial charge >= 0.3 is 5.97 Å². The molecule has 0 aliphatic rings. The molecule has 1 amide bonds. The summed E-state index contributed by atoms with van der Waals surface area (Å²) < 4.78 is 10.5. The fourth-order valence-electron chi connectivity index (χ4n) is 2.05. The normalized spacial score (nSPS) is 12.2. The predicted molar refractivity (Wildman–Crippen MR) is 96.5 cm³/mol. The SMILES string of the molecule is C[C@@H](OC(=O)/C=C/c1nc2ccccc2o1)C(=O)Nc1ccc(Cl)cn1. The van der Waals surface area contributed by atoms with Gasteiger partial charge in [-0.3, -0.25) is 4.79 Å². The smallest absolute Gasteiger partial charge is 0.331 e. The third-order valence-corrected chi connectivity index (χ3v) is 3.54. The molecule has 0 fully saturated rings. The molecule has 26 heavy (non-hydrogen) atoms. The summed E-state index contributed by atoms with van der Waals surface area (Å²) in [5.41, 5.74) is 1.30. The van der Waals surface area contributed by atoms with Crippen LogP contribution in [0.25, 0.3) is 17.2 Å². The number of fused-ring (bicyclic) bond motifs is 1. The summed E-state index contributed by atoms with van der Waals surface area (Å²) in [7, 11) is 0. The van der Waals surface area contributed by atoms with Crippen LogP contribution in [-0.2, 0) is 14.3 Å². The number of hydrogen-bond acceptors (Lipinski definition) is 6. The first-order valence-corrected chi connectivity index (χ1v) is 8.06. The Morgan fingerprint density at radius 2 is 2.08 bits per heavy atom. The third-order valence-electron chi connectivity index (χ3n) is 3.31. The van der Waals surface area contributed by atoms with Gasteiger partial charge in [0.2, 0.25) is 5.89 Å². The number of halogens is 1. The molecule has 2 aromatic heterocycles. The Labute approximate surface area is 153 Å². The summed E-state index contributed by atoms with van der Waals surface area (Å²) in [5, 5.41) is 2.98. The standard InChI is InChI=1S/C18H14ClN3O4/c1-11(18(24)22-15-7-6-12(19)10-20-15)25-17(23)9-8-16-21-13-4-2-3-5-14(13)26-16/h2-11H,1H3,(H,20,22,24)/b9-8+/t11-/m1/s1. The minimum atomic E-state index is -1.01. The summed E-state index contributed by atoms with van der Waals surface area (Å²) in [6.07, 6.45) is 2.92. The Hall–Kier alpha value is -3.19. The highest BCUT2D eigenvalue weighted by atomic mass is 35.5. The average molecular weight is 372 g/mol. The van der Waals surface area contributed by atoms with E-state index in [-0.39, 0.29) is 5.89 Å². The third kappa shape index (κ3) is 4.46. The number of hydrogen-bond donors (Lipinski definition) is 1. The Morgan fingerprint density at radius 3 is 2.81 bits per heavy atom. The van der Waals surface area contributed by atoms with E-state index >= 15 is 0 Å². The Morgan fingerprint density at radius 1 is 1.27 bits per heavy atom. The molecule has 132 valence electrons. The van der Waals surface area contributed by atoms with Gasteiger partial charge in [0, 0.05) is 18.3 Å². The van der Waals surface area contributed by atoms with Crippen LogP contribution in [0.5, 0.6) is 0 Å². The maximum atomic E-state index is 12.0. The largest absolute Gasteiger partial charge is 0.449 e. The van der Waals surface area contributed by atoms with Crippen LogP contribution in [0.2, 0.25) is 5.02 Å². The number of nitrogens with zero attached hydrogens (tertiary/aromatic N) is 2. The van der Waals surface area contributed by atoms with Crippen LogP contribution >= 0.6 is 11.6 Å². The number of esters is 1. The lowest BCUT2D eigenvalue weighted by Gasteiger charge is -2.11. The van der Waals surface area contributed by atoms with E-state index in [2.05, 4.69) is 15.3 Å². The Bertz CT molecular complexity index is 933. The van der Waals surface area contributed by atoms with Gasteiger partial charge in [0.25, 0.3) is 5.91 Å². The van der Waals surface area contributed by atoms with Crippen LogP contribution in [0.3, 0.4) is 0 Å². The number of benzene rings is 1. The lowest BCUT2D eigenvalue weighted by Crippen LogP contribution is -2.29. The van der Waals surface area contributed by atoms with Gasteiger partial charge in [0.1, 0.15) is 11.3 Å². The molecule has 0 aliphatic carbocycles. The monoisotopic (exact) mass is 371 g/mol. The van der Waals surface area contributed by atoms with Gasteiger partial charge in [-0.15, -0.1) is 0 Å². The van der Waals surface area contributed by atoms with Crippen molar-refractivity contribution in [3.63, 3.8) is 0 Å². The van der Waals surface area contributed by atoms with Crippen molar-refractivity contribution in [3.05, 3.63) is 59.6 Å². The van der Waals surface area contributed by atoms with Crippen LogP contribution in [-0.4, -0.2) is 27.9 Å². The number of rotatable bonds is 5. The number of nitrogens with one attached hydrogen (secondary N) is 1. The number of aromatic nitrogens is 2. The van der Waals surface area contributed by atoms with Crippen molar-refractivity contribution >= 4 is 46.5 Å². The molecule has 3 rings (SSSR count). The van der Waals surface area contributed by atoms with Gasteiger partial charge in [0.05, 0.1) is 5.02 Å². The molecule has 0 spiro atoms. The van der Waals surface area contributed by atoms with E-state index in [1.54, 1.807) is 24.3 Å². The van der Waals surface area contributed by atoms with Crippen LogP contribution in [0.15, 0.2) is 53.1 Å². The van der Waals surface area contributed by atoms with E-state index in [0.717, 1.165) is 6.08 Å². The number of oxazole rings is 1. The van der Waals surface area contributed by atoms with Gasteiger partial charge in [0.15, 0.2) is 11.7 Å². The van der Waals surface area contributed by atoms with E-state index in [1.165, 1.54) is 19.2 Å². The summed E-state index contributed by atoms with van der Waals surface area (Å²) in [6, 6.07) is 10.4. The maximum absolute atomic E-state index is 12.0. The number of para-hydroxylation sites is 2.